The molecule has 0 amide bonds. The van der Waals surface area contributed by atoms with Crippen LogP contribution in [0.1, 0.15) is 40.0 Å². The van der Waals surface area contributed by atoms with Crippen molar-refractivity contribution in [2.24, 2.45) is 0 Å². The van der Waals surface area contributed by atoms with Crippen molar-refractivity contribution >= 4 is 9.84 Å². The fraction of sp³-hybridized carbons (Fsp3) is 0.611. The molecular weight excluding hydrogens is 358 g/mol. The largest absolute Gasteiger partial charge is 0.390 e. The molecule has 1 aromatic heterocycles. The number of unbranched alkanes of at least 4 members (excludes halogenated alkanes) is 1. The Morgan fingerprint density at radius 2 is 2.04 bits per heavy atom. The van der Waals surface area contributed by atoms with Crippen LogP contribution in [0.3, 0.4) is 0 Å². The maximum Gasteiger partial charge on any atom is 0.216 e. The SMILES string of the molecule is CCCC[C@@H](O)[C@H](O)[C@H]1OC(C)(C)O[C@H]1/C=C/S(=O)(=O)c1ccccn1. The Morgan fingerprint density at radius 3 is 2.65 bits per heavy atom. The summed E-state index contributed by atoms with van der Waals surface area (Å²) in [5, 5.41) is 21.5. The number of hydrogen-bond donors (Lipinski definition) is 2. The lowest BCUT2D eigenvalue weighted by Crippen LogP contribution is -2.42. The lowest BCUT2D eigenvalue weighted by molar-refractivity contribution is -0.161. The number of pyridine rings is 1. The zero-order valence-electron chi connectivity index (χ0n) is 15.3. The van der Waals surface area contributed by atoms with Crippen molar-refractivity contribution < 1.29 is 28.1 Å². The van der Waals surface area contributed by atoms with Crippen LogP contribution >= 0.6 is 0 Å². The Labute approximate surface area is 154 Å². The molecule has 1 aliphatic rings. The number of nitrogens with zero attached hydrogens (tertiary/aromatic N) is 1. The standard InChI is InChI=1S/C18H27NO6S/c1-4-5-8-13(20)16(21)17-14(24-18(2,3)25-17)10-12-26(22,23)15-9-6-7-11-19-15/h6-7,9-14,16-17,20-21H,4-5,8H2,1-3H3/b12-10+/t13-,14+,16+,17+/m1/s1. The summed E-state index contributed by atoms with van der Waals surface area (Å²) in [7, 11) is -3.74. The van der Waals surface area contributed by atoms with Gasteiger partial charge in [0.25, 0.3) is 0 Å². The van der Waals surface area contributed by atoms with E-state index in [0.717, 1.165) is 18.2 Å². The molecule has 1 fully saturated rings. The highest BCUT2D eigenvalue weighted by Crippen LogP contribution is 2.32. The molecule has 1 saturated heterocycles. The zero-order chi connectivity index (χ0) is 19.4. The monoisotopic (exact) mass is 385 g/mol. The van der Waals surface area contributed by atoms with Crippen molar-refractivity contribution in [3.05, 3.63) is 35.9 Å². The van der Waals surface area contributed by atoms with Crippen molar-refractivity contribution in [1.82, 2.24) is 4.98 Å². The van der Waals surface area contributed by atoms with Gasteiger partial charge in [-0.3, -0.25) is 0 Å². The van der Waals surface area contributed by atoms with Crippen LogP contribution in [-0.2, 0) is 19.3 Å². The molecule has 146 valence electrons. The number of aliphatic hydroxyl groups is 2. The second-order valence-corrected chi connectivity index (χ2v) is 8.59. The molecule has 2 rings (SSSR count). The quantitative estimate of drug-likeness (QED) is 0.703. The molecule has 2 heterocycles. The van der Waals surface area contributed by atoms with Crippen LogP contribution in [0.4, 0.5) is 0 Å². The first-order chi connectivity index (χ1) is 12.2. The van der Waals surface area contributed by atoms with E-state index in [1.165, 1.54) is 18.3 Å². The van der Waals surface area contributed by atoms with Gasteiger partial charge in [-0.2, -0.15) is 0 Å². The lowest BCUT2D eigenvalue weighted by Gasteiger charge is -2.25. The van der Waals surface area contributed by atoms with Crippen LogP contribution < -0.4 is 0 Å². The summed E-state index contributed by atoms with van der Waals surface area (Å²) in [4.78, 5) is 3.84. The van der Waals surface area contributed by atoms with Crippen LogP contribution in [0.2, 0.25) is 0 Å². The maximum atomic E-state index is 12.3. The third kappa shape index (κ3) is 5.34. The van der Waals surface area contributed by atoms with Crippen molar-refractivity contribution in [2.45, 2.75) is 75.3 Å². The van der Waals surface area contributed by atoms with E-state index in [4.69, 9.17) is 9.47 Å². The summed E-state index contributed by atoms with van der Waals surface area (Å²) in [5.74, 6) is -1.00. The number of hydrogen-bond acceptors (Lipinski definition) is 7. The molecule has 2 N–H and O–H groups in total. The molecule has 7 nitrogen and oxygen atoms in total. The number of ether oxygens (including phenoxy) is 2. The fourth-order valence-electron chi connectivity index (χ4n) is 2.80. The van der Waals surface area contributed by atoms with Gasteiger partial charge in [-0.05, 0) is 38.5 Å². The first-order valence-electron chi connectivity index (χ1n) is 8.72. The Kier molecular flexibility index (Phi) is 6.92. The number of aromatic nitrogens is 1. The van der Waals surface area contributed by atoms with Gasteiger partial charge in [0, 0.05) is 11.6 Å². The molecule has 8 heteroatoms. The zero-order valence-corrected chi connectivity index (χ0v) is 16.1. The van der Waals surface area contributed by atoms with Crippen LogP contribution in [0.15, 0.2) is 40.9 Å². The minimum atomic E-state index is -3.74. The second kappa shape index (κ2) is 8.58. The molecule has 0 aliphatic carbocycles. The number of rotatable bonds is 8. The van der Waals surface area contributed by atoms with E-state index in [9.17, 15) is 18.6 Å². The molecule has 1 aliphatic heterocycles. The van der Waals surface area contributed by atoms with Gasteiger partial charge in [0.05, 0.1) is 6.10 Å². The second-order valence-electron chi connectivity index (χ2n) is 6.81. The third-order valence-electron chi connectivity index (χ3n) is 4.12. The topological polar surface area (TPSA) is 106 Å². The van der Waals surface area contributed by atoms with E-state index in [2.05, 4.69) is 4.98 Å². The molecule has 0 saturated carbocycles. The Bertz CT molecular complexity index is 704. The van der Waals surface area contributed by atoms with Crippen LogP contribution in [0, 0.1) is 0 Å². The van der Waals surface area contributed by atoms with Gasteiger partial charge in [-0.25, -0.2) is 13.4 Å². The van der Waals surface area contributed by atoms with Crippen LogP contribution in [0.5, 0.6) is 0 Å². The summed E-state index contributed by atoms with van der Waals surface area (Å²) < 4.78 is 36.1. The molecule has 26 heavy (non-hydrogen) atoms. The molecule has 4 atom stereocenters. The molecule has 0 radical (unpaired) electrons. The number of aliphatic hydroxyl groups excluding tert-OH is 2. The van der Waals surface area contributed by atoms with Gasteiger partial charge in [-0.15, -0.1) is 0 Å². The molecule has 0 unspecified atom stereocenters. The molecule has 0 spiro atoms. The lowest BCUT2D eigenvalue weighted by atomic mass is 9.99. The predicted molar refractivity (Wildman–Crippen MR) is 95.9 cm³/mol. The minimum Gasteiger partial charge on any atom is -0.390 e. The van der Waals surface area contributed by atoms with Crippen LogP contribution in [0.25, 0.3) is 0 Å². The summed E-state index contributed by atoms with van der Waals surface area (Å²) in [6, 6.07) is 4.61. The molecule has 1 aromatic rings. The van der Waals surface area contributed by atoms with Gasteiger partial charge in [-0.1, -0.05) is 25.8 Å². The Morgan fingerprint density at radius 1 is 1.31 bits per heavy atom. The smallest absolute Gasteiger partial charge is 0.216 e. The average molecular weight is 385 g/mol. The third-order valence-corrected chi connectivity index (χ3v) is 5.46. The van der Waals surface area contributed by atoms with Crippen molar-refractivity contribution in [2.75, 3.05) is 0 Å². The van der Waals surface area contributed by atoms with Gasteiger partial charge in [0.1, 0.15) is 18.3 Å². The normalized spacial score (nSPS) is 25.4. The molecule has 0 aromatic carbocycles. The van der Waals surface area contributed by atoms with Gasteiger partial charge < -0.3 is 19.7 Å². The first kappa shape index (κ1) is 21.0. The first-order valence-corrected chi connectivity index (χ1v) is 10.3. The van der Waals surface area contributed by atoms with E-state index in [0.29, 0.717) is 6.42 Å². The summed E-state index contributed by atoms with van der Waals surface area (Å²) in [6.07, 6.45) is 0.986. The Hall–Kier alpha value is -1.32. The van der Waals surface area contributed by atoms with E-state index in [1.807, 2.05) is 6.92 Å². The average Bonchev–Trinajstić information content (AvgIpc) is 2.92. The Balaban J connectivity index is 2.17. The summed E-state index contributed by atoms with van der Waals surface area (Å²) >= 11 is 0. The summed E-state index contributed by atoms with van der Waals surface area (Å²) in [5.41, 5.74) is 0. The van der Waals surface area contributed by atoms with Gasteiger partial charge >= 0.3 is 0 Å². The van der Waals surface area contributed by atoms with Crippen molar-refractivity contribution in [3.63, 3.8) is 0 Å². The van der Waals surface area contributed by atoms with Crippen molar-refractivity contribution in [1.29, 1.82) is 0 Å². The van der Waals surface area contributed by atoms with Crippen LogP contribution in [-0.4, -0.2) is 53.8 Å². The molecule has 0 bridgehead atoms. The van der Waals surface area contributed by atoms with Gasteiger partial charge in [0.2, 0.25) is 9.84 Å². The predicted octanol–water partition coefficient (Wildman–Crippen LogP) is 1.80. The molecular formula is C18H27NO6S. The highest BCUT2D eigenvalue weighted by Gasteiger charge is 2.45. The van der Waals surface area contributed by atoms with E-state index in [-0.39, 0.29) is 5.03 Å². The maximum absolute atomic E-state index is 12.3. The summed E-state index contributed by atoms with van der Waals surface area (Å²) in [6.45, 7) is 5.34. The van der Waals surface area contributed by atoms with E-state index < -0.39 is 40.0 Å². The highest BCUT2D eigenvalue weighted by atomic mass is 32.2. The number of sulfone groups is 1. The van der Waals surface area contributed by atoms with Gasteiger partial charge in [0.15, 0.2) is 10.8 Å². The van der Waals surface area contributed by atoms with E-state index in [1.54, 1.807) is 26.0 Å². The van der Waals surface area contributed by atoms with E-state index >= 15 is 0 Å². The fourth-order valence-corrected chi connectivity index (χ4v) is 3.78. The minimum absolute atomic E-state index is 0.0745. The van der Waals surface area contributed by atoms with Crippen molar-refractivity contribution in [3.8, 4) is 0 Å². The highest BCUT2D eigenvalue weighted by molar-refractivity contribution is 7.94.